The average Bonchev–Trinajstić information content (AvgIpc) is 2.22. The van der Waals surface area contributed by atoms with Gasteiger partial charge in [-0.2, -0.15) is 0 Å². The highest BCUT2D eigenvalue weighted by Crippen LogP contribution is 2.34. The Labute approximate surface area is 82.5 Å². The lowest BCUT2D eigenvalue weighted by atomic mass is 10.0. The normalized spacial score (nSPS) is 15.4. The summed E-state index contributed by atoms with van der Waals surface area (Å²) < 4.78 is 16.6. The standard InChI is InChI=1S/C10H10O4/c1-13-8-3-2-6-4-9(11)14-5-7(6)10(8)12/h2-3,12H,4-5H2,1H3/i1D. The van der Waals surface area contributed by atoms with E-state index in [0.717, 1.165) is 5.56 Å². The molecule has 4 heteroatoms. The number of carbonyl (C=O) groups excluding carboxylic acids is 1. The van der Waals surface area contributed by atoms with Crippen LogP contribution in [0.4, 0.5) is 0 Å². The van der Waals surface area contributed by atoms with Crippen LogP contribution in [-0.4, -0.2) is 18.2 Å². The fourth-order valence-corrected chi connectivity index (χ4v) is 1.46. The molecule has 14 heavy (non-hydrogen) atoms. The van der Waals surface area contributed by atoms with Crippen molar-refractivity contribution in [3.8, 4) is 11.5 Å². The van der Waals surface area contributed by atoms with Crippen molar-refractivity contribution in [2.24, 2.45) is 0 Å². The number of methoxy groups -OCH3 is 1. The minimum absolute atomic E-state index is 0.0350. The van der Waals surface area contributed by atoms with Gasteiger partial charge in [0.15, 0.2) is 11.5 Å². The quantitative estimate of drug-likeness (QED) is 0.679. The first-order chi connectivity index (χ1) is 7.22. The molecular formula is C10H10O4. The molecule has 2 rings (SSSR count). The molecule has 4 nitrogen and oxygen atoms in total. The van der Waals surface area contributed by atoms with E-state index in [1.54, 1.807) is 12.1 Å². The molecule has 0 saturated carbocycles. The molecule has 1 aromatic carbocycles. The van der Waals surface area contributed by atoms with E-state index in [9.17, 15) is 9.90 Å². The summed E-state index contributed by atoms with van der Waals surface area (Å²) in [4.78, 5) is 11.0. The van der Waals surface area contributed by atoms with Crippen molar-refractivity contribution >= 4 is 5.97 Å². The van der Waals surface area contributed by atoms with Crippen molar-refractivity contribution in [3.05, 3.63) is 23.3 Å². The smallest absolute Gasteiger partial charge is 0.310 e. The van der Waals surface area contributed by atoms with Gasteiger partial charge in [-0.1, -0.05) is 6.07 Å². The summed E-state index contributed by atoms with van der Waals surface area (Å²) >= 11 is 0. The first-order valence-corrected chi connectivity index (χ1v) is 4.13. The van der Waals surface area contributed by atoms with Crippen LogP contribution in [0.1, 0.15) is 12.5 Å². The van der Waals surface area contributed by atoms with E-state index in [1.807, 2.05) is 0 Å². The van der Waals surface area contributed by atoms with Gasteiger partial charge in [0.05, 0.1) is 14.9 Å². The number of phenolic OH excluding ortho intramolecular Hbond substituents is 1. The number of fused-ring (bicyclic) bond motifs is 1. The van der Waals surface area contributed by atoms with Crippen molar-refractivity contribution in [2.75, 3.05) is 7.09 Å². The second-order valence-corrected chi connectivity index (χ2v) is 3.03. The Morgan fingerprint density at radius 3 is 3.29 bits per heavy atom. The summed E-state index contributed by atoms with van der Waals surface area (Å²) in [6.07, 6.45) is 0.171. The highest BCUT2D eigenvalue weighted by molar-refractivity contribution is 5.75. The maximum Gasteiger partial charge on any atom is 0.310 e. The van der Waals surface area contributed by atoms with Gasteiger partial charge >= 0.3 is 5.97 Å². The van der Waals surface area contributed by atoms with E-state index < -0.39 is 0 Å². The SMILES string of the molecule is [2H]COc1ccc2c(c1O)COC(=O)C2. The van der Waals surface area contributed by atoms with Crippen molar-refractivity contribution in [2.45, 2.75) is 13.0 Å². The highest BCUT2D eigenvalue weighted by Gasteiger charge is 2.21. The minimum atomic E-state index is -0.295. The van der Waals surface area contributed by atoms with Crippen LogP contribution in [0.5, 0.6) is 11.5 Å². The number of esters is 1. The Kier molecular flexibility index (Phi) is 1.76. The van der Waals surface area contributed by atoms with E-state index >= 15 is 0 Å². The third-order valence-corrected chi connectivity index (χ3v) is 2.21. The molecule has 0 amide bonds. The molecule has 0 unspecified atom stereocenters. The Morgan fingerprint density at radius 2 is 2.50 bits per heavy atom. The van der Waals surface area contributed by atoms with Crippen LogP contribution >= 0.6 is 0 Å². The second kappa shape index (κ2) is 3.21. The van der Waals surface area contributed by atoms with Gasteiger partial charge in [0, 0.05) is 5.56 Å². The summed E-state index contributed by atoms with van der Waals surface area (Å²) in [7, 11) is -0.258. The topological polar surface area (TPSA) is 55.8 Å². The van der Waals surface area contributed by atoms with Crippen LogP contribution in [0, 0.1) is 0 Å². The van der Waals surface area contributed by atoms with Crippen LogP contribution < -0.4 is 4.74 Å². The lowest BCUT2D eigenvalue weighted by Crippen LogP contribution is -2.16. The molecule has 1 aliphatic heterocycles. The number of aromatic hydroxyl groups is 1. The van der Waals surface area contributed by atoms with Crippen molar-refractivity contribution < 1.29 is 20.7 Å². The lowest BCUT2D eigenvalue weighted by molar-refractivity contribution is -0.145. The minimum Gasteiger partial charge on any atom is -0.504 e. The van der Waals surface area contributed by atoms with Crippen LogP contribution in [0.25, 0.3) is 0 Å². The molecule has 0 aliphatic carbocycles. The molecule has 0 bridgehead atoms. The molecule has 0 fully saturated rings. The number of ether oxygens (including phenoxy) is 2. The first kappa shape index (κ1) is 7.67. The van der Waals surface area contributed by atoms with Crippen molar-refractivity contribution in [3.63, 3.8) is 0 Å². The number of benzene rings is 1. The largest absolute Gasteiger partial charge is 0.504 e. The monoisotopic (exact) mass is 195 g/mol. The van der Waals surface area contributed by atoms with Crippen LogP contribution in [0.15, 0.2) is 12.1 Å². The van der Waals surface area contributed by atoms with E-state index in [4.69, 9.17) is 10.8 Å². The Balaban J connectivity index is 2.39. The molecule has 1 heterocycles. The number of phenols is 1. The number of carbonyl (C=O) groups is 1. The fraction of sp³-hybridized carbons (Fsp3) is 0.300. The van der Waals surface area contributed by atoms with Gasteiger partial charge in [-0.15, -0.1) is 0 Å². The maximum atomic E-state index is 11.0. The van der Waals surface area contributed by atoms with Crippen molar-refractivity contribution in [1.29, 1.82) is 0 Å². The Hall–Kier alpha value is -1.71. The van der Waals surface area contributed by atoms with E-state index in [-0.39, 0.29) is 37.6 Å². The Bertz CT molecular complexity index is 403. The fourth-order valence-electron chi connectivity index (χ4n) is 1.46. The van der Waals surface area contributed by atoms with Gasteiger partial charge in [0.2, 0.25) is 0 Å². The molecule has 74 valence electrons. The van der Waals surface area contributed by atoms with Gasteiger partial charge < -0.3 is 14.6 Å². The zero-order chi connectivity index (χ0) is 10.8. The second-order valence-electron chi connectivity index (χ2n) is 3.03. The zero-order valence-corrected chi connectivity index (χ0v) is 7.45. The zero-order valence-electron chi connectivity index (χ0n) is 8.45. The van der Waals surface area contributed by atoms with Gasteiger partial charge in [-0.05, 0) is 11.6 Å². The predicted octanol–water partition coefficient (Wildman–Crippen LogP) is 1.00. The molecule has 0 aromatic heterocycles. The van der Waals surface area contributed by atoms with Crippen LogP contribution in [0.2, 0.25) is 0 Å². The molecule has 1 N–H and O–H groups in total. The van der Waals surface area contributed by atoms with Gasteiger partial charge in [0.25, 0.3) is 0 Å². The van der Waals surface area contributed by atoms with Gasteiger partial charge in [-0.3, -0.25) is 4.79 Å². The molecular weight excluding hydrogens is 184 g/mol. The molecule has 0 atom stereocenters. The highest BCUT2D eigenvalue weighted by atomic mass is 16.5. The predicted molar refractivity (Wildman–Crippen MR) is 48.2 cm³/mol. The van der Waals surface area contributed by atoms with Gasteiger partial charge in [0.1, 0.15) is 6.61 Å². The first-order valence-electron chi connectivity index (χ1n) is 4.84. The number of hydrogen-bond donors (Lipinski definition) is 1. The van der Waals surface area contributed by atoms with Crippen LogP contribution in [-0.2, 0) is 22.6 Å². The summed E-state index contributed by atoms with van der Waals surface area (Å²) in [5.41, 5.74) is 1.32. The molecule has 0 radical (unpaired) electrons. The average molecular weight is 195 g/mol. The summed E-state index contributed by atoms with van der Waals surface area (Å²) in [6.45, 7) is 0.0647. The van der Waals surface area contributed by atoms with E-state index in [2.05, 4.69) is 0 Å². The van der Waals surface area contributed by atoms with Crippen molar-refractivity contribution in [1.82, 2.24) is 0 Å². The van der Waals surface area contributed by atoms with E-state index in [1.165, 1.54) is 0 Å². The lowest BCUT2D eigenvalue weighted by Gasteiger charge is -2.18. The van der Waals surface area contributed by atoms with Crippen LogP contribution in [0.3, 0.4) is 0 Å². The summed E-state index contributed by atoms with van der Waals surface area (Å²) in [5, 5.41) is 9.75. The number of hydrogen-bond acceptors (Lipinski definition) is 4. The van der Waals surface area contributed by atoms with E-state index in [0.29, 0.717) is 5.56 Å². The summed E-state index contributed by atoms with van der Waals surface area (Å²) in [6, 6.07) is 3.27. The third kappa shape index (κ3) is 1.28. The Morgan fingerprint density at radius 1 is 1.64 bits per heavy atom. The molecule has 0 spiro atoms. The third-order valence-electron chi connectivity index (χ3n) is 2.21. The molecule has 1 aromatic rings. The molecule has 0 saturated heterocycles. The number of cyclic esters (lactones) is 1. The maximum absolute atomic E-state index is 11.0. The molecule has 1 aliphatic rings. The van der Waals surface area contributed by atoms with Gasteiger partial charge in [-0.25, -0.2) is 0 Å². The number of rotatable bonds is 1. The summed E-state index contributed by atoms with van der Waals surface area (Å²) in [5.74, 6) is -0.0787.